The van der Waals surface area contributed by atoms with E-state index in [1.807, 2.05) is 0 Å². The van der Waals surface area contributed by atoms with E-state index < -0.39 is 6.29 Å². The van der Waals surface area contributed by atoms with Crippen molar-refractivity contribution >= 4 is 6.08 Å². The maximum absolute atomic E-state index is 10.3. The number of ether oxygens (including phenoxy) is 1. The summed E-state index contributed by atoms with van der Waals surface area (Å²) in [4.78, 5) is 2.71. The number of likely N-dealkylation sites (tertiary alicyclic amines) is 1. The smallest absolute Gasteiger partial charge is 0.160 e. The number of nitrogens with zero attached hydrogens (tertiary/aromatic N) is 1. The first-order valence-corrected chi connectivity index (χ1v) is 9.95. The minimum absolute atomic E-state index is 0.0445. The highest BCUT2D eigenvalue weighted by atomic mass is 16.6. The molecule has 134 valence electrons. The molecule has 25 heavy (non-hydrogen) atoms. The van der Waals surface area contributed by atoms with Crippen LogP contribution in [0.5, 0.6) is 0 Å². The normalized spacial score (nSPS) is 43.4. The summed E-state index contributed by atoms with van der Waals surface area (Å²) in [5, 5.41) is 10.3. The molecule has 2 aliphatic carbocycles. The summed E-state index contributed by atoms with van der Waals surface area (Å²) in [6.45, 7) is 5.49. The highest BCUT2D eigenvalue weighted by Gasteiger charge is 2.51. The zero-order valence-corrected chi connectivity index (χ0v) is 15.2. The monoisotopic (exact) mass is 339 g/mol. The Bertz CT molecular complexity index is 701. The van der Waals surface area contributed by atoms with E-state index in [4.69, 9.17) is 4.74 Å². The van der Waals surface area contributed by atoms with Gasteiger partial charge in [-0.2, -0.15) is 0 Å². The molecule has 4 aliphatic rings. The molecular weight excluding hydrogens is 310 g/mol. The van der Waals surface area contributed by atoms with Crippen LogP contribution in [0.25, 0.3) is 6.08 Å². The Morgan fingerprint density at radius 3 is 2.88 bits per heavy atom. The highest BCUT2D eigenvalue weighted by Crippen LogP contribution is 2.52. The molecule has 0 amide bonds. The SMILES string of the molecule is C[C@H]1CN([C@@H]2CC[C@@]3(CCO[C@@H]3O)C2)CC[C@@]12C=Cc1ccccc12. The standard InChI is InChI=1S/C22H29NO2/c1-16-15-23(18-7-8-21(14-18)11-13-25-20(21)24)12-10-22(16)9-6-17-4-2-3-5-19(17)22/h2-6,9,16,18,20,24H,7-8,10-15H2,1H3/t16-,18+,20-,21+,22-/m0/s1. The molecule has 0 unspecified atom stereocenters. The second-order valence-corrected chi connectivity index (χ2v) is 8.84. The highest BCUT2D eigenvalue weighted by molar-refractivity contribution is 5.65. The molecule has 5 atom stereocenters. The molecule has 3 fully saturated rings. The van der Waals surface area contributed by atoms with Gasteiger partial charge in [0.25, 0.3) is 0 Å². The quantitative estimate of drug-likeness (QED) is 0.849. The summed E-state index contributed by atoms with van der Waals surface area (Å²) in [6.07, 6.45) is 9.97. The topological polar surface area (TPSA) is 32.7 Å². The molecule has 2 aliphatic heterocycles. The van der Waals surface area contributed by atoms with Crippen LogP contribution in [0.15, 0.2) is 30.3 Å². The first-order chi connectivity index (χ1) is 12.1. The lowest BCUT2D eigenvalue weighted by Crippen LogP contribution is -2.50. The minimum atomic E-state index is -0.532. The van der Waals surface area contributed by atoms with Crippen molar-refractivity contribution in [3.63, 3.8) is 0 Å². The van der Waals surface area contributed by atoms with E-state index in [1.165, 1.54) is 30.5 Å². The van der Waals surface area contributed by atoms with Gasteiger partial charge in [-0.15, -0.1) is 0 Å². The van der Waals surface area contributed by atoms with Gasteiger partial charge in [-0.1, -0.05) is 43.3 Å². The van der Waals surface area contributed by atoms with Crippen LogP contribution in [0.3, 0.4) is 0 Å². The van der Waals surface area contributed by atoms with Crippen LogP contribution in [-0.4, -0.2) is 42.0 Å². The molecule has 0 aromatic heterocycles. The lowest BCUT2D eigenvalue weighted by Gasteiger charge is -2.46. The summed E-state index contributed by atoms with van der Waals surface area (Å²) in [7, 11) is 0. The van der Waals surface area contributed by atoms with Gasteiger partial charge >= 0.3 is 0 Å². The third-order valence-corrected chi connectivity index (χ3v) is 7.76. The van der Waals surface area contributed by atoms with Crippen molar-refractivity contribution in [3.05, 3.63) is 41.5 Å². The van der Waals surface area contributed by atoms with Gasteiger partial charge in [0.15, 0.2) is 6.29 Å². The van der Waals surface area contributed by atoms with Crippen molar-refractivity contribution in [2.24, 2.45) is 11.3 Å². The van der Waals surface area contributed by atoms with E-state index >= 15 is 0 Å². The maximum atomic E-state index is 10.3. The molecule has 0 radical (unpaired) electrons. The predicted octanol–water partition coefficient (Wildman–Crippen LogP) is 3.57. The fraction of sp³-hybridized carbons (Fsp3) is 0.636. The molecule has 1 aromatic rings. The number of piperidine rings is 1. The Balaban J connectivity index is 1.32. The van der Waals surface area contributed by atoms with E-state index in [9.17, 15) is 5.11 Å². The van der Waals surface area contributed by atoms with Gasteiger partial charge in [0.2, 0.25) is 0 Å². The van der Waals surface area contributed by atoms with Crippen LogP contribution in [0.4, 0.5) is 0 Å². The van der Waals surface area contributed by atoms with E-state index in [2.05, 4.69) is 48.2 Å². The third kappa shape index (κ3) is 2.29. The fourth-order valence-electron chi connectivity index (χ4n) is 6.12. The number of allylic oxidation sites excluding steroid dienone is 1. The molecule has 2 saturated heterocycles. The summed E-state index contributed by atoms with van der Waals surface area (Å²) in [6, 6.07) is 9.54. The second kappa shape index (κ2) is 5.67. The molecule has 2 spiro atoms. The van der Waals surface area contributed by atoms with Crippen molar-refractivity contribution in [1.29, 1.82) is 0 Å². The molecule has 1 aromatic carbocycles. The average Bonchev–Trinajstić information content (AvgIpc) is 3.31. The number of fused-ring (bicyclic) bond motifs is 2. The number of hydrogen-bond acceptors (Lipinski definition) is 3. The first kappa shape index (κ1) is 16.0. The van der Waals surface area contributed by atoms with Crippen LogP contribution < -0.4 is 0 Å². The summed E-state index contributed by atoms with van der Waals surface area (Å²) in [5.74, 6) is 0.627. The van der Waals surface area contributed by atoms with Gasteiger partial charge < -0.3 is 14.7 Å². The molecule has 5 rings (SSSR count). The second-order valence-electron chi connectivity index (χ2n) is 8.84. The van der Waals surface area contributed by atoms with Gasteiger partial charge in [0, 0.05) is 23.4 Å². The third-order valence-electron chi connectivity index (χ3n) is 7.76. The summed E-state index contributed by atoms with van der Waals surface area (Å²) in [5.41, 5.74) is 3.22. The van der Waals surface area contributed by atoms with E-state index in [0.29, 0.717) is 12.0 Å². The lowest BCUT2D eigenvalue weighted by atomic mass is 9.67. The number of aliphatic hydroxyl groups is 1. The van der Waals surface area contributed by atoms with Crippen LogP contribution in [0, 0.1) is 11.3 Å². The Kier molecular flexibility index (Phi) is 3.64. The van der Waals surface area contributed by atoms with Gasteiger partial charge in [0.05, 0.1) is 6.61 Å². The Morgan fingerprint density at radius 2 is 2.08 bits per heavy atom. The number of aliphatic hydroxyl groups excluding tert-OH is 1. The largest absolute Gasteiger partial charge is 0.367 e. The van der Waals surface area contributed by atoms with Gasteiger partial charge in [-0.05, 0) is 55.7 Å². The van der Waals surface area contributed by atoms with E-state index in [-0.39, 0.29) is 10.8 Å². The van der Waals surface area contributed by atoms with Crippen molar-refractivity contribution in [1.82, 2.24) is 4.90 Å². The number of hydrogen-bond donors (Lipinski definition) is 1. The van der Waals surface area contributed by atoms with Crippen molar-refractivity contribution in [2.45, 2.75) is 56.8 Å². The van der Waals surface area contributed by atoms with Crippen molar-refractivity contribution in [3.8, 4) is 0 Å². The van der Waals surface area contributed by atoms with Crippen LogP contribution in [0.1, 0.15) is 50.2 Å². The van der Waals surface area contributed by atoms with Crippen molar-refractivity contribution < 1.29 is 9.84 Å². The first-order valence-electron chi connectivity index (χ1n) is 9.95. The molecule has 3 heteroatoms. The van der Waals surface area contributed by atoms with Crippen molar-refractivity contribution in [2.75, 3.05) is 19.7 Å². The summed E-state index contributed by atoms with van der Waals surface area (Å²) >= 11 is 0. The van der Waals surface area contributed by atoms with Crippen LogP contribution in [0.2, 0.25) is 0 Å². The van der Waals surface area contributed by atoms with Gasteiger partial charge in [0.1, 0.15) is 0 Å². The molecule has 3 nitrogen and oxygen atoms in total. The van der Waals surface area contributed by atoms with Crippen LogP contribution >= 0.6 is 0 Å². The summed E-state index contributed by atoms with van der Waals surface area (Å²) < 4.78 is 5.49. The average molecular weight is 339 g/mol. The predicted molar refractivity (Wildman–Crippen MR) is 99.2 cm³/mol. The molecule has 2 heterocycles. The van der Waals surface area contributed by atoms with Gasteiger partial charge in [-0.3, -0.25) is 0 Å². The van der Waals surface area contributed by atoms with E-state index in [0.717, 1.165) is 32.4 Å². The Hall–Kier alpha value is -1.16. The molecule has 1 saturated carbocycles. The maximum Gasteiger partial charge on any atom is 0.160 e. The fourth-order valence-corrected chi connectivity index (χ4v) is 6.12. The zero-order chi connectivity index (χ0) is 17.1. The molecule has 1 N–H and O–H groups in total. The Labute approximate surface area is 150 Å². The van der Waals surface area contributed by atoms with Gasteiger partial charge in [-0.25, -0.2) is 0 Å². The zero-order valence-electron chi connectivity index (χ0n) is 15.2. The molecule has 0 bridgehead atoms. The van der Waals surface area contributed by atoms with E-state index in [1.54, 1.807) is 0 Å². The van der Waals surface area contributed by atoms with Crippen LogP contribution in [-0.2, 0) is 10.2 Å². The molecular formula is C22H29NO2. The lowest BCUT2D eigenvalue weighted by molar-refractivity contribution is -0.117. The number of rotatable bonds is 1. The Morgan fingerprint density at radius 1 is 1.20 bits per heavy atom. The minimum Gasteiger partial charge on any atom is -0.367 e. The number of benzene rings is 1.